The van der Waals surface area contributed by atoms with E-state index < -0.39 is 0 Å². The van der Waals surface area contributed by atoms with Crippen LogP contribution < -0.4 is 10.6 Å². The van der Waals surface area contributed by atoms with Gasteiger partial charge in [0.15, 0.2) is 11.1 Å². The second kappa shape index (κ2) is 7.01. The van der Waals surface area contributed by atoms with Crippen molar-refractivity contribution in [1.29, 1.82) is 5.26 Å². The van der Waals surface area contributed by atoms with Crippen molar-refractivity contribution in [2.75, 3.05) is 18.4 Å². The molecule has 0 saturated carbocycles. The average Bonchev–Trinajstić information content (AvgIpc) is 3.32. The molecule has 124 valence electrons. The highest BCUT2D eigenvalue weighted by Crippen LogP contribution is 2.31. The Morgan fingerprint density at radius 1 is 1.16 bits per heavy atom. The van der Waals surface area contributed by atoms with Gasteiger partial charge in [-0.1, -0.05) is 12.1 Å². The van der Waals surface area contributed by atoms with Crippen molar-refractivity contribution in [2.24, 2.45) is 4.99 Å². The molecule has 1 aliphatic rings. The highest BCUT2D eigenvalue weighted by molar-refractivity contribution is 7.14. The minimum Gasteiger partial charge on any atom is -0.356 e. The van der Waals surface area contributed by atoms with Gasteiger partial charge in [-0.3, -0.25) is 4.99 Å². The molecule has 0 aliphatic carbocycles. The molecule has 25 heavy (non-hydrogen) atoms. The quantitative estimate of drug-likeness (QED) is 0.740. The van der Waals surface area contributed by atoms with E-state index in [4.69, 9.17) is 5.26 Å². The van der Waals surface area contributed by atoms with E-state index in [0.717, 1.165) is 52.6 Å². The summed E-state index contributed by atoms with van der Waals surface area (Å²) in [5.41, 5.74) is 3.26. The minimum atomic E-state index is 0.634. The molecule has 0 atom stereocenters. The maximum absolute atomic E-state index is 9.03. The molecule has 3 aromatic rings. The molecule has 0 radical (unpaired) electrons. The Hall–Kier alpha value is -2.76. The molecule has 3 heterocycles. The van der Waals surface area contributed by atoms with Gasteiger partial charge in [-0.05, 0) is 18.6 Å². The van der Waals surface area contributed by atoms with Gasteiger partial charge in [-0.15, -0.1) is 22.7 Å². The second-order valence-corrected chi connectivity index (χ2v) is 7.12. The second-order valence-electron chi connectivity index (χ2n) is 5.40. The summed E-state index contributed by atoms with van der Waals surface area (Å²) in [4.78, 5) is 13.6. The van der Waals surface area contributed by atoms with E-state index in [2.05, 4.69) is 31.7 Å². The molecule has 0 amide bonds. The Bertz CT molecular complexity index is 965. The highest BCUT2D eigenvalue weighted by Gasteiger charge is 2.12. The van der Waals surface area contributed by atoms with Gasteiger partial charge in [-0.25, -0.2) is 9.97 Å². The lowest BCUT2D eigenvalue weighted by Crippen LogP contribution is -2.35. The lowest BCUT2D eigenvalue weighted by molar-refractivity contribution is 0.740. The number of thiazole rings is 2. The number of nitriles is 1. The van der Waals surface area contributed by atoms with Crippen LogP contribution in [0.15, 0.2) is 40.0 Å². The molecule has 4 rings (SSSR count). The van der Waals surface area contributed by atoms with Crippen LogP contribution in [0.5, 0.6) is 0 Å². The Labute approximate surface area is 152 Å². The molecule has 0 bridgehead atoms. The number of benzene rings is 1. The van der Waals surface area contributed by atoms with Crippen LogP contribution in [0.25, 0.3) is 22.0 Å². The molecule has 8 heteroatoms. The summed E-state index contributed by atoms with van der Waals surface area (Å²) in [6.45, 7) is 1.77. The number of aliphatic imine (C=N–C) groups is 1. The van der Waals surface area contributed by atoms with Crippen molar-refractivity contribution in [2.45, 2.75) is 6.42 Å². The van der Waals surface area contributed by atoms with Crippen LogP contribution >= 0.6 is 22.7 Å². The van der Waals surface area contributed by atoms with Crippen LogP contribution in [0, 0.1) is 11.3 Å². The lowest BCUT2D eigenvalue weighted by Gasteiger charge is -2.13. The molecule has 0 saturated heterocycles. The van der Waals surface area contributed by atoms with Crippen LogP contribution in [-0.2, 0) is 0 Å². The fraction of sp³-hybridized carbons (Fsp3) is 0.176. The van der Waals surface area contributed by atoms with Crippen molar-refractivity contribution in [3.63, 3.8) is 0 Å². The number of rotatable bonds is 3. The van der Waals surface area contributed by atoms with Crippen molar-refractivity contribution in [3.05, 3.63) is 40.6 Å². The number of anilines is 1. The summed E-state index contributed by atoms with van der Waals surface area (Å²) in [7, 11) is 0. The fourth-order valence-corrected chi connectivity index (χ4v) is 3.93. The van der Waals surface area contributed by atoms with E-state index >= 15 is 0 Å². The summed E-state index contributed by atoms with van der Waals surface area (Å²) < 4.78 is 0. The standard InChI is InChI=1S/C17H14N6S2/c18-8-11-3-1-4-12(7-11)15-21-13(9-24-15)14-10-25-17(22-14)23-16-19-5-2-6-20-16/h1,3-4,7,9-10H,2,5-6H2,(H2,19,20,22,23). The molecule has 1 aliphatic heterocycles. The normalized spacial score (nSPS) is 13.6. The zero-order valence-electron chi connectivity index (χ0n) is 13.2. The van der Waals surface area contributed by atoms with Crippen molar-refractivity contribution >= 4 is 33.8 Å². The molecule has 0 fully saturated rings. The molecular weight excluding hydrogens is 352 g/mol. The molecule has 0 unspecified atom stereocenters. The molecule has 1 aromatic carbocycles. The number of nitrogens with one attached hydrogen (secondary N) is 2. The summed E-state index contributed by atoms with van der Waals surface area (Å²) in [6, 6.07) is 9.63. The third-order valence-electron chi connectivity index (χ3n) is 3.63. The summed E-state index contributed by atoms with van der Waals surface area (Å²) in [5.74, 6) is 0.777. The van der Waals surface area contributed by atoms with Crippen LogP contribution in [0.2, 0.25) is 0 Å². The van der Waals surface area contributed by atoms with Crippen molar-refractivity contribution < 1.29 is 0 Å². The smallest absolute Gasteiger partial charge is 0.197 e. The van der Waals surface area contributed by atoms with E-state index in [1.807, 2.05) is 29.0 Å². The largest absolute Gasteiger partial charge is 0.356 e. The number of guanidine groups is 1. The number of hydrogen-bond donors (Lipinski definition) is 2. The summed E-state index contributed by atoms with van der Waals surface area (Å²) in [6.07, 6.45) is 1.06. The Kier molecular flexibility index (Phi) is 4.41. The number of hydrogen-bond acceptors (Lipinski definition) is 8. The van der Waals surface area contributed by atoms with Crippen molar-refractivity contribution in [3.8, 4) is 28.0 Å². The van der Waals surface area contributed by atoms with Gasteiger partial charge in [0.25, 0.3) is 0 Å². The van der Waals surface area contributed by atoms with Crippen LogP contribution in [-0.4, -0.2) is 29.0 Å². The number of aromatic nitrogens is 2. The SMILES string of the molecule is N#Cc1cccc(-c2nc(-c3csc(NC4=NCCCN4)n3)cs2)c1. The Morgan fingerprint density at radius 3 is 2.88 bits per heavy atom. The average molecular weight is 366 g/mol. The molecule has 2 N–H and O–H groups in total. The van der Waals surface area contributed by atoms with Gasteiger partial charge in [-0.2, -0.15) is 5.26 Å². The minimum absolute atomic E-state index is 0.634. The van der Waals surface area contributed by atoms with Crippen LogP contribution in [0.1, 0.15) is 12.0 Å². The zero-order valence-corrected chi connectivity index (χ0v) is 14.8. The van der Waals surface area contributed by atoms with Gasteiger partial charge in [0.05, 0.1) is 11.6 Å². The van der Waals surface area contributed by atoms with E-state index in [9.17, 15) is 0 Å². The van der Waals surface area contributed by atoms with Crippen LogP contribution in [0.4, 0.5) is 5.13 Å². The van der Waals surface area contributed by atoms with Gasteiger partial charge in [0, 0.05) is 29.4 Å². The van der Waals surface area contributed by atoms with E-state index in [1.54, 1.807) is 17.4 Å². The van der Waals surface area contributed by atoms with E-state index in [-0.39, 0.29) is 0 Å². The predicted molar refractivity (Wildman–Crippen MR) is 102 cm³/mol. The van der Waals surface area contributed by atoms with E-state index in [1.165, 1.54) is 11.3 Å². The molecule has 2 aromatic heterocycles. The first kappa shape index (κ1) is 15.7. The first-order valence-electron chi connectivity index (χ1n) is 7.79. The van der Waals surface area contributed by atoms with E-state index in [0.29, 0.717) is 5.56 Å². The third-order valence-corrected chi connectivity index (χ3v) is 5.28. The van der Waals surface area contributed by atoms with Gasteiger partial charge in [0.2, 0.25) is 0 Å². The van der Waals surface area contributed by atoms with Gasteiger partial charge >= 0.3 is 0 Å². The topological polar surface area (TPSA) is 86.0 Å². The predicted octanol–water partition coefficient (Wildman–Crippen LogP) is 3.57. The number of nitrogens with zero attached hydrogens (tertiary/aromatic N) is 4. The zero-order chi connectivity index (χ0) is 17.1. The van der Waals surface area contributed by atoms with Crippen LogP contribution in [0.3, 0.4) is 0 Å². The highest BCUT2D eigenvalue weighted by atomic mass is 32.1. The maximum Gasteiger partial charge on any atom is 0.197 e. The lowest BCUT2D eigenvalue weighted by atomic mass is 10.1. The molecule has 0 spiro atoms. The maximum atomic E-state index is 9.03. The first-order chi connectivity index (χ1) is 12.3. The summed E-state index contributed by atoms with van der Waals surface area (Å²) in [5, 5.41) is 21.1. The monoisotopic (exact) mass is 366 g/mol. The Morgan fingerprint density at radius 2 is 2.04 bits per heavy atom. The third kappa shape index (κ3) is 3.52. The van der Waals surface area contributed by atoms with Gasteiger partial charge < -0.3 is 10.6 Å². The molecule has 6 nitrogen and oxygen atoms in total. The van der Waals surface area contributed by atoms with Gasteiger partial charge in [0.1, 0.15) is 16.4 Å². The summed E-state index contributed by atoms with van der Waals surface area (Å²) >= 11 is 3.08. The fourth-order valence-electron chi connectivity index (χ4n) is 2.41. The molecular formula is C17H14N6S2. The Balaban J connectivity index is 1.54. The van der Waals surface area contributed by atoms with Crippen molar-refractivity contribution in [1.82, 2.24) is 15.3 Å². The first-order valence-corrected chi connectivity index (χ1v) is 9.55.